The second kappa shape index (κ2) is 5.48. The predicted octanol–water partition coefficient (Wildman–Crippen LogP) is 2.48. The molecule has 100 valence electrons. The van der Waals surface area contributed by atoms with Crippen LogP contribution >= 0.6 is 11.3 Å². The van der Waals surface area contributed by atoms with Crippen LogP contribution in [0.3, 0.4) is 0 Å². The van der Waals surface area contributed by atoms with E-state index in [4.69, 9.17) is 0 Å². The molecule has 0 unspecified atom stereocenters. The molecule has 0 saturated heterocycles. The van der Waals surface area contributed by atoms with E-state index in [0.29, 0.717) is 5.56 Å². The van der Waals surface area contributed by atoms with Crippen LogP contribution < -0.4 is 4.87 Å². The Kier molecular flexibility index (Phi) is 3.95. The van der Waals surface area contributed by atoms with Gasteiger partial charge in [-0.15, -0.1) is 0 Å². The highest BCUT2D eigenvalue weighted by Crippen LogP contribution is 2.11. The molecule has 0 fully saturated rings. The molecule has 19 heavy (non-hydrogen) atoms. The van der Waals surface area contributed by atoms with Crippen LogP contribution in [0.5, 0.6) is 0 Å². The number of benzene rings is 1. The van der Waals surface area contributed by atoms with Crippen LogP contribution in [0.15, 0.2) is 29.1 Å². The van der Waals surface area contributed by atoms with E-state index in [9.17, 15) is 14.0 Å². The second-order valence-corrected chi connectivity index (χ2v) is 5.57. The second-order valence-electron chi connectivity index (χ2n) is 4.40. The van der Waals surface area contributed by atoms with E-state index in [2.05, 4.69) is 0 Å². The Balaban J connectivity index is 2.14. The van der Waals surface area contributed by atoms with Gasteiger partial charge in [-0.1, -0.05) is 29.5 Å². The van der Waals surface area contributed by atoms with Crippen molar-refractivity contribution in [2.75, 3.05) is 0 Å². The van der Waals surface area contributed by atoms with Crippen LogP contribution in [-0.2, 0) is 17.8 Å². The molecule has 0 aliphatic heterocycles. The molecule has 0 amide bonds. The zero-order valence-electron chi connectivity index (χ0n) is 10.8. The van der Waals surface area contributed by atoms with Gasteiger partial charge in [0.2, 0.25) is 0 Å². The molecule has 0 aliphatic rings. The van der Waals surface area contributed by atoms with E-state index >= 15 is 0 Å². The number of hydrogen-bond acceptors (Lipinski definition) is 3. The number of rotatable bonds is 4. The number of aromatic nitrogens is 1. The van der Waals surface area contributed by atoms with E-state index in [1.807, 2.05) is 13.8 Å². The number of hydrogen-bond donors (Lipinski definition) is 0. The van der Waals surface area contributed by atoms with E-state index < -0.39 is 0 Å². The summed E-state index contributed by atoms with van der Waals surface area (Å²) in [5, 5.41) is 0. The molecular formula is C14H14FNO2S. The number of carbonyl (C=O) groups excluding carboxylic acids is 1. The van der Waals surface area contributed by atoms with Gasteiger partial charge < -0.3 is 0 Å². The van der Waals surface area contributed by atoms with Crippen molar-refractivity contribution in [3.63, 3.8) is 0 Å². The van der Waals surface area contributed by atoms with Crippen molar-refractivity contribution < 1.29 is 9.18 Å². The maximum Gasteiger partial charge on any atom is 0.307 e. The number of carbonyl (C=O) groups is 1. The molecule has 0 spiro atoms. The van der Waals surface area contributed by atoms with Crippen LogP contribution in [0.1, 0.15) is 16.1 Å². The van der Waals surface area contributed by atoms with Crippen molar-refractivity contribution in [3.8, 4) is 0 Å². The molecule has 1 aromatic heterocycles. The van der Waals surface area contributed by atoms with Crippen LogP contribution in [0.2, 0.25) is 0 Å². The SMILES string of the molecule is Cc1sc(=O)n(CC(=O)Cc2ccccc2F)c1C. The molecule has 5 heteroatoms. The normalized spacial score (nSPS) is 10.7. The summed E-state index contributed by atoms with van der Waals surface area (Å²) in [5.74, 6) is -0.561. The first-order valence-electron chi connectivity index (χ1n) is 5.91. The molecule has 0 N–H and O–H groups in total. The lowest BCUT2D eigenvalue weighted by atomic mass is 10.1. The van der Waals surface area contributed by atoms with Gasteiger partial charge in [-0.2, -0.15) is 0 Å². The minimum absolute atomic E-state index is 0.00331. The summed E-state index contributed by atoms with van der Waals surface area (Å²) in [5.41, 5.74) is 1.17. The largest absolute Gasteiger partial charge is 0.307 e. The molecular weight excluding hydrogens is 265 g/mol. The van der Waals surface area contributed by atoms with E-state index in [1.54, 1.807) is 18.2 Å². The van der Waals surface area contributed by atoms with Crippen molar-refractivity contribution in [2.24, 2.45) is 0 Å². The summed E-state index contributed by atoms with van der Waals surface area (Å²) < 4.78 is 14.9. The Bertz CT molecular complexity index is 672. The van der Waals surface area contributed by atoms with Gasteiger partial charge in [0.25, 0.3) is 0 Å². The monoisotopic (exact) mass is 279 g/mol. The van der Waals surface area contributed by atoms with Crippen LogP contribution in [0.25, 0.3) is 0 Å². The van der Waals surface area contributed by atoms with Gasteiger partial charge in [-0.25, -0.2) is 4.39 Å². The predicted molar refractivity (Wildman–Crippen MR) is 73.2 cm³/mol. The fraction of sp³-hybridized carbons (Fsp3) is 0.286. The fourth-order valence-electron chi connectivity index (χ4n) is 1.86. The molecule has 2 aromatic rings. The zero-order chi connectivity index (χ0) is 14.0. The number of thiazole rings is 1. The van der Waals surface area contributed by atoms with Gasteiger partial charge in [0.05, 0.1) is 6.54 Å². The molecule has 3 nitrogen and oxygen atoms in total. The van der Waals surface area contributed by atoms with Crippen LogP contribution in [-0.4, -0.2) is 10.4 Å². The van der Waals surface area contributed by atoms with Crippen molar-refractivity contribution >= 4 is 17.1 Å². The number of halogens is 1. The van der Waals surface area contributed by atoms with Crippen LogP contribution in [0, 0.1) is 19.7 Å². The third-order valence-corrected chi connectivity index (χ3v) is 4.05. The van der Waals surface area contributed by atoms with Gasteiger partial charge in [-0.3, -0.25) is 14.2 Å². The number of Topliss-reactive ketones (excluding diaryl/α,β-unsaturated/α-hetero) is 1. The average Bonchev–Trinajstić information content (AvgIpc) is 2.59. The first-order valence-corrected chi connectivity index (χ1v) is 6.72. The summed E-state index contributed by atoms with van der Waals surface area (Å²) >= 11 is 1.13. The molecule has 1 aromatic carbocycles. The minimum Gasteiger partial charge on any atom is -0.297 e. The van der Waals surface area contributed by atoms with Gasteiger partial charge >= 0.3 is 4.87 Å². The summed E-state index contributed by atoms with van der Waals surface area (Å²) in [6, 6.07) is 6.19. The van der Waals surface area contributed by atoms with Crippen molar-refractivity contribution in [1.29, 1.82) is 0 Å². The Morgan fingerprint density at radius 3 is 2.58 bits per heavy atom. The minimum atomic E-state index is -0.388. The highest BCUT2D eigenvalue weighted by molar-refractivity contribution is 7.09. The zero-order valence-corrected chi connectivity index (χ0v) is 11.6. The van der Waals surface area contributed by atoms with Gasteiger partial charge in [-0.05, 0) is 25.5 Å². The highest BCUT2D eigenvalue weighted by Gasteiger charge is 2.13. The first kappa shape index (κ1) is 13.7. The Morgan fingerprint density at radius 1 is 1.32 bits per heavy atom. The third-order valence-electron chi connectivity index (χ3n) is 3.06. The molecule has 0 saturated carbocycles. The lowest BCUT2D eigenvalue weighted by molar-refractivity contribution is -0.119. The number of aryl methyl sites for hydroxylation is 1. The van der Waals surface area contributed by atoms with E-state index in [1.165, 1.54) is 10.6 Å². The quantitative estimate of drug-likeness (QED) is 0.862. The van der Waals surface area contributed by atoms with Crippen molar-refractivity contribution in [1.82, 2.24) is 4.57 Å². The molecule has 0 bridgehead atoms. The van der Waals surface area contributed by atoms with Gasteiger partial charge in [0.15, 0.2) is 5.78 Å². The molecule has 2 rings (SSSR count). The van der Waals surface area contributed by atoms with E-state index in [-0.39, 0.29) is 29.4 Å². The van der Waals surface area contributed by atoms with Gasteiger partial charge in [0, 0.05) is 17.0 Å². The van der Waals surface area contributed by atoms with E-state index in [0.717, 1.165) is 21.9 Å². The number of ketones is 1. The smallest absolute Gasteiger partial charge is 0.297 e. The Hall–Kier alpha value is -1.75. The summed E-state index contributed by atoms with van der Waals surface area (Å²) in [6.07, 6.45) is 0.00739. The third kappa shape index (κ3) is 2.98. The highest BCUT2D eigenvalue weighted by atomic mass is 32.1. The lowest BCUT2D eigenvalue weighted by Crippen LogP contribution is -2.22. The molecule has 0 aliphatic carbocycles. The lowest BCUT2D eigenvalue weighted by Gasteiger charge is -2.05. The standard InChI is InChI=1S/C14H14FNO2S/c1-9-10(2)19-14(18)16(9)8-12(17)7-11-5-3-4-6-13(11)15/h3-6H,7-8H2,1-2H3. The summed E-state index contributed by atoms with van der Waals surface area (Å²) in [6.45, 7) is 3.66. The van der Waals surface area contributed by atoms with Crippen molar-refractivity contribution in [3.05, 3.63) is 55.9 Å². The molecule has 1 heterocycles. The first-order chi connectivity index (χ1) is 8.99. The van der Waals surface area contributed by atoms with Gasteiger partial charge in [0.1, 0.15) is 5.82 Å². The number of nitrogens with zero attached hydrogens (tertiary/aromatic N) is 1. The summed E-state index contributed by atoms with van der Waals surface area (Å²) in [7, 11) is 0. The topological polar surface area (TPSA) is 39.1 Å². The average molecular weight is 279 g/mol. The summed E-state index contributed by atoms with van der Waals surface area (Å²) in [4.78, 5) is 24.4. The molecule has 0 atom stereocenters. The molecule has 0 radical (unpaired) electrons. The Labute approximate surface area is 114 Å². The maximum absolute atomic E-state index is 13.4. The van der Waals surface area contributed by atoms with Crippen LogP contribution in [0.4, 0.5) is 4.39 Å². The Morgan fingerprint density at radius 2 is 2.00 bits per heavy atom. The van der Waals surface area contributed by atoms with Crippen molar-refractivity contribution in [2.45, 2.75) is 26.8 Å². The maximum atomic E-state index is 13.4. The fourth-order valence-corrected chi connectivity index (χ4v) is 2.69.